The first-order valence-electron chi connectivity index (χ1n) is 9.58. The predicted octanol–water partition coefficient (Wildman–Crippen LogP) is 3.20. The summed E-state index contributed by atoms with van der Waals surface area (Å²) < 4.78 is 13.4. The molecule has 10 heteroatoms. The molecule has 1 aromatic heterocycles. The Balaban J connectivity index is 1.69. The number of piperazine rings is 1. The molecule has 0 radical (unpaired) electrons. The fourth-order valence-corrected chi connectivity index (χ4v) is 8.90. The number of aryl methyl sites for hydroxylation is 1. The summed E-state index contributed by atoms with van der Waals surface area (Å²) in [5.74, 6) is 2.13. The van der Waals surface area contributed by atoms with Crippen molar-refractivity contribution in [2.24, 2.45) is 0 Å². The Morgan fingerprint density at radius 1 is 1.21 bits per heavy atom. The van der Waals surface area contributed by atoms with Crippen molar-refractivity contribution in [2.75, 3.05) is 49.2 Å². The Morgan fingerprint density at radius 3 is 2.69 bits per heavy atom. The van der Waals surface area contributed by atoms with Crippen LogP contribution in [-0.4, -0.2) is 58.1 Å². The summed E-state index contributed by atoms with van der Waals surface area (Å²) in [7, 11) is 0.0427. The molecule has 1 aromatic carbocycles. The van der Waals surface area contributed by atoms with Crippen LogP contribution in [0.15, 0.2) is 23.1 Å². The molecule has 6 nitrogen and oxygen atoms in total. The number of nitrogens with one attached hydrogen (secondary N) is 1. The molecule has 1 N–H and O–H groups in total. The summed E-state index contributed by atoms with van der Waals surface area (Å²) in [4.78, 5) is 15.0. The van der Waals surface area contributed by atoms with Gasteiger partial charge >= 0.3 is 192 Å². The molecule has 1 saturated heterocycles. The Kier molecular flexibility index (Phi) is 6.52. The van der Waals surface area contributed by atoms with E-state index in [0.717, 1.165) is 79.1 Å². The monoisotopic (exact) mass is 623 g/mol. The van der Waals surface area contributed by atoms with Crippen molar-refractivity contribution < 1.29 is 22.2 Å². The van der Waals surface area contributed by atoms with Gasteiger partial charge in [-0.1, -0.05) is 0 Å². The molecule has 2 aliphatic heterocycles. The Labute approximate surface area is 191 Å². The zero-order chi connectivity index (χ0) is 20.6. The van der Waals surface area contributed by atoms with Crippen LogP contribution in [-0.2, 0) is 38.1 Å². The molecule has 29 heavy (non-hydrogen) atoms. The summed E-state index contributed by atoms with van der Waals surface area (Å²) in [5, 5.41) is 4.63. The molecular formula is C19H23Cl2N5OSW. The van der Waals surface area contributed by atoms with Gasteiger partial charge in [0.25, 0.3) is 0 Å². The second kappa shape index (κ2) is 8.80. The van der Waals surface area contributed by atoms with Gasteiger partial charge < -0.3 is 0 Å². The number of nitrogens with zero attached hydrogens (tertiary/aromatic N) is 4. The molecule has 1 unspecified atom stereocenters. The van der Waals surface area contributed by atoms with Gasteiger partial charge in [-0.3, -0.25) is 0 Å². The van der Waals surface area contributed by atoms with Crippen molar-refractivity contribution in [3.63, 3.8) is 0 Å². The first-order valence-corrected chi connectivity index (χ1v) is 15.6. The average molecular weight is 624 g/mol. The molecule has 0 bridgehead atoms. The van der Waals surface area contributed by atoms with E-state index < -0.39 is 7.13 Å². The number of fused-ring (bicyclic) bond motifs is 1. The second-order valence-corrected chi connectivity index (χ2v) is 16.1. The number of benzene rings is 1. The molecule has 2 aliphatic rings. The molecule has 0 aliphatic carbocycles. The Morgan fingerprint density at radius 2 is 1.97 bits per heavy atom. The summed E-state index contributed by atoms with van der Waals surface area (Å²) in [6.45, 7) is 4.25. The number of hydrogen-bond donors (Lipinski definition) is 1. The standard InChI is InChI=1S/C19H23Cl2N5OS.W/c1-25-6-8-26(9-7-25)19-23-16-3-2-10-28(27)17(16)18(24-19)22-12-13-4-5-14(20)11-15(13)21;/h4-5,11H,2-3,6-10,12H2,1H3,(H,22,23,24);. The van der Waals surface area contributed by atoms with Crippen molar-refractivity contribution in [3.05, 3.63) is 39.5 Å². The van der Waals surface area contributed by atoms with Gasteiger partial charge in [0, 0.05) is 0 Å². The predicted molar refractivity (Wildman–Crippen MR) is 115 cm³/mol. The topological polar surface area (TPSA) is 61.4 Å². The minimum absolute atomic E-state index is 0.493. The minimum atomic E-state index is -2.09. The van der Waals surface area contributed by atoms with Crippen molar-refractivity contribution in [3.8, 4) is 0 Å². The molecule has 4 rings (SSSR count). The van der Waals surface area contributed by atoms with E-state index in [1.165, 1.54) is 0 Å². The van der Waals surface area contributed by atoms with Crippen LogP contribution < -0.4 is 10.2 Å². The van der Waals surface area contributed by atoms with Gasteiger partial charge in [0.2, 0.25) is 0 Å². The van der Waals surface area contributed by atoms with E-state index in [-0.39, 0.29) is 0 Å². The Hall–Kier alpha value is -0.722. The maximum absolute atomic E-state index is 13.4. The maximum atomic E-state index is 13.4. The van der Waals surface area contributed by atoms with Crippen molar-refractivity contribution >= 4 is 42.1 Å². The third kappa shape index (κ3) is 4.80. The summed E-state index contributed by atoms with van der Waals surface area (Å²) in [6, 6.07) is 5.46. The van der Waals surface area contributed by atoms with E-state index in [9.17, 15) is 4.21 Å². The third-order valence-electron chi connectivity index (χ3n) is 5.31. The molecule has 2 aromatic rings. The van der Waals surface area contributed by atoms with Crippen LogP contribution >= 0.6 is 23.2 Å². The van der Waals surface area contributed by atoms with Gasteiger partial charge in [-0.15, -0.1) is 0 Å². The zero-order valence-electron chi connectivity index (χ0n) is 16.2. The third-order valence-corrected chi connectivity index (χ3v) is 11.4. The first-order chi connectivity index (χ1) is 13.8. The van der Waals surface area contributed by atoms with Gasteiger partial charge in [0.1, 0.15) is 0 Å². The number of likely N-dealkylation sites (N-methyl/N-ethyl adjacent to an activating group) is 1. The number of halogens is 2. The normalized spacial score (nSPS) is 22.4. The van der Waals surface area contributed by atoms with Gasteiger partial charge in [-0.25, -0.2) is 0 Å². The molecule has 0 spiro atoms. The molecule has 3 heterocycles. The van der Waals surface area contributed by atoms with Gasteiger partial charge in [-0.2, -0.15) is 0 Å². The molecule has 156 valence electrons. The van der Waals surface area contributed by atoms with E-state index in [2.05, 4.69) is 22.2 Å². The second-order valence-electron chi connectivity index (χ2n) is 7.45. The van der Waals surface area contributed by atoms with E-state index >= 15 is 0 Å². The fraction of sp³-hybridized carbons (Fsp3) is 0.474. The van der Waals surface area contributed by atoms with Gasteiger partial charge in [0.15, 0.2) is 0 Å². The quantitative estimate of drug-likeness (QED) is 0.565. The molecule has 1 fully saturated rings. The van der Waals surface area contributed by atoms with E-state index in [1.54, 1.807) is 6.07 Å². The Bertz CT molecular complexity index is 1030. The van der Waals surface area contributed by atoms with Crippen molar-refractivity contribution in [2.45, 2.75) is 24.3 Å². The van der Waals surface area contributed by atoms with Crippen LogP contribution in [0.25, 0.3) is 0 Å². The summed E-state index contributed by atoms with van der Waals surface area (Å²) >= 11 is 13.4. The van der Waals surface area contributed by atoms with Crippen LogP contribution in [0.3, 0.4) is 0 Å². The fourth-order valence-electron chi connectivity index (χ4n) is 3.62. The SMILES string of the molecule is CN1CCN(c2nc3c(c(NCc4ccc(Cl)cc4Cl)n2)[S](=O)(=[W])CCC3)CC1. The van der Waals surface area contributed by atoms with E-state index in [4.69, 9.17) is 33.2 Å². The van der Waals surface area contributed by atoms with E-state index in [1.807, 2.05) is 12.1 Å². The van der Waals surface area contributed by atoms with Crippen LogP contribution in [0, 0.1) is 0 Å². The van der Waals surface area contributed by atoms with Crippen molar-refractivity contribution in [1.82, 2.24) is 14.9 Å². The first kappa shape index (κ1) is 21.5. The van der Waals surface area contributed by atoms with Gasteiger partial charge in [0.05, 0.1) is 0 Å². The van der Waals surface area contributed by atoms with Crippen LogP contribution in [0.5, 0.6) is 0 Å². The number of anilines is 2. The summed E-state index contributed by atoms with van der Waals surface area (Å²) in [6.07, 6.45) is 1.76. The number of aromatic nitrogens is 2. The molecular weight excluding hydrogens is 601 g/mol. The van der Waals surface area contributed by atoms with Crippen molar-refractivity contribution in [1.29, 1.82) is 0 Å². The van der Waals surface area contributed by atoms with Crippen LogP contribution in [0.4, 0.5) is 11.8 Å². The molecule has 1 atom stereocenters. The molecule has 0 amide bonds. The number of rotatable bonds is 4. The van der Waals surface area contributed by atoms with Crippen LogP contribution in [0.2, 0.25) is 10.0 Å². The number of hydrogen-bond acceptors (Lipinski definition) is 6. The average Bonchev–Trinajstić information content (AvgIpc) is 2.67. The van der Waals surface area contributed by atoms with E-state index in [0.29, 0.717) is 28.2 Å². The van der Waals surface area contributed by atoms with Crippen LogP contribution in [0.1, 0.15) is 17.7 Å². The van der Waals surface area contributed by atoms with Gasteiger partial charge in [-0.05, 0) is 0 Å². The zero-order valence-corrected chi connectivity index (χ0v) is 21.4. The summed E-state index contributed by atoms with van der Waals surface area (Å²) in [5.41, 5.74) is 1.86. The molecule has 0 saturated carbocycles.